The van der Waals surface area contributed by atoms with Crippen molar-refractivity contribution in [2.24, 2.45) is 0 Å². The molecule has 0 bridgehead atoms. The molecule has 0 radical (unpaired) electrons. The van der Waals surface area contributed by atoms with E-state index >= 15 is 0 Å². The van der Waals surface area contributed by atoms with Gasteiger partial charge in [0.1, 0.15) is 6.04 Å². The van der Waals surface area contributed by atoms with Gasteiger partial charge in [-0.2, -0.15) is 10.2 Å². The Morgan fingerprint density at radius 1 is 1.21 bits per heavy atom. The number of fused-ring (bicyclic) bond motifs is 1. The molecule has 3 aromatic rings. The van der Waals surface area contributed by atoms with Crippen molar-refractivity contribution in [2.75, 3.05) is 17.2 Å². The number of benzene rings is 1. The molecule has 1 aliphatic rings. The van der Waals surface area contributed by atoms with E-state index < -0.39 is 6.04 Å². The molecule has 152 valence electrons. The third-order valence-electron chi connectivity index (χ3n) is 4.71. The van der Waals surface area contributed by atoms with Crippen molar-refractivity contribution >= 4 is 35.6 Å². The zero-order chi connectivity index (χ0) is 19.5. The number of anilines is 2. The molecule has 2 aromatic heterocycles. The molecule has 0 fully saturated rings. The maximum Gasteiger partial charge on any atom is 0.276 e. The number of H-pyrrole nitrogens is 1. The van der Waals surface area contributed by atoms with Gasteiger partial charge in [-0.05, 0) is 31.2 Å². The van der Waals surface area contributed by atoms with Crippen LogP contribution in [0.25, 0.3) is 0 Å². The lowest BCUT2D eigenvalue weighted by atomic mass is 10.1. The van der Waals surface area contributed by atoms with Gasteiger partial charge in [-0.3, -0.25) is 19.4 Å². The van der Waals surface area contributed by atoms with E-state index in [0.717, 1.165) is 24.2 Å². The van der Waals surface area contributed by atoms with Crippen molar-refractivity contribution in [2.45, 2.75) is 25.9 Å². The van der Waals surface area contributed by atoms with Crippen molar-refractivity contribution in [3.8, 4) is 0 Å². The lowest BCUT2D eigenvalue weighted by molar-refractivity contribution is -0.119. The van der Waals surface area contributed by atoms with Crippen molar-refractivity contribution in [1.82, 2.24) is 25.3 Å². The minimum atomic E-state index is -0.448. The normalized spacial score (nSPS) is 13.7. The van der Waals surface area contributed by atoms with E-state index in [9.17, 15) is 9.59 Å². The van der Waals surface area contributed by atoms with E-state index in [4.69, 9.17) is 0 Å². The van der Waals surface area contributed by atoms with Crippen molar-refractivity contribution in [3.05, 3.63) is 59.7 Å². The second-order valence-electron chi connectivity index (χ2n) is 6.64. The van der Waals surface area contributed by atoms with Crippen LogP contribution in [0.4, 0.5) is 11.4 Å². The third kappa shape index (κ3) is 4.47. The first-order valence-corrected chi connectivity index (χ1v) is 9.10. The lowest BCUT2D eigenvalue weighted by Gasteiger charge is -2.14. The summed E-state index contributed by atoms with van der Waals surface area (Å²) in [5.41, 5.74) is 3.46. The van der Waals surface area contributed by atoms with Gasteiger partial charge in [0.05, 0.1) is 0 Å². The largest absolute Gasteiger partial charge is 0.324 e. The first kappa shape index (κ1) is 20.6. The summed E-state index contributed by atoms with van der Waals surface area (Å²) in [6.45, 7) is 3.26. The van der Waals surface area contributed by atoms with E-state index in [1.54, 1.807) is 54.3 Å². The van der Waals surface area contributed by atoms with Gasteiger partial charge in [0.2, 0.25) is 5.91 Å². The number of carbonyl (C=O) groups excluding carboxylic acids is 2. The van der Waals surface area contributed by atoms with Crippen LogP contribution in [0.15, 0.2) is 42.7 Å². The molecule has 1 aliphatic heterocycles. The average molecular weight is 416 g/mol. The Hall–Kier alpha value is -3.17. The van der Waals surface area contributed by atoms with Gasteiger partial charge < -0.3 is 16.0 Å². The van der Waals surface area contributed by atoms with E-state index in [1.165, 1.54) is 0 Å². The Morgan fingerprint density at radius 3 is 2.76 bits per heavy atom. The molecule has 4 N–H and O–H groups in total. The molecule has 9 nitrogen and oxygen atoms in total. The third-order valence-corrected chi connectivity index (χ3v) is 4.71. The number of nitrogens with one attached hydrogen (secondary N) is 4. The summed E-state index contributed by atoms with van der Waals surface area (Å²) >= 11 is 0. The van der Waals surface area contributed by atoms with Crippen molar-refractivity contribution < 1.29 is 9.59 Å². The molecule has 0 saturated heterocycles. The summed E-state index contributed by atoms with van der Waals surface area (Å²) in [6, 6.07) is 8.33. The quantitative estimate of drug-likeness (QED) is 0.509. The van der Waals surface area contributed by atoms with E-state index in [0.29, 0.717) is 23.6 Å². The first-order chi connectivity index (χ1) is 13.6. The van der Waals surface area contributed by atoms with Crippen LogP contribution < -0.4 is 16.0 Å². The summed E-state index contributed by atoms with van der Waals surface area (Å²) in [5, 5.41) is 20.1. The summed E-state index contributed by atoms with van der Waals surface area (Å²) in [7, 11) is 0. The van der Waals surface area contributed by atoms with Crippen molar-refractivity contribution in [1.29, 1.82) is 0 Å². The first-order valence-electron chi connectivity index (χ1n) is 9.10. The number of aromatic amines is 1. The number of amides is 2. The average Bonchev–Trinajstić information content (AvgIpc) is 3.37. The van der Waals surface area contributed by atoms with Gasteiger partial charge in [-0.1, -0.05) is 6.07 Å². The molecular formula is C19H22ClN7O2. The number of rotatable bonds is 5. The summed E-state index contributed by atoms with van der Waals surface area (Å²) in [6.07, 6.45) is 4.19. The summed E-state index contributed by atoms with van der Waals surface area (Å²) < 4.78 is 1.58. The molecule has 3 heterocycles. The van der Waals surface area contributed by atoms with Crippen LogP contribution in [0.2, 0.25) is 0 Å². The predicted molar refractivity (Wildman–Crippen MR) is 111 cm³/mol. The van der Waals surface area contributed by atoms with Crippen LogP contribution >= 0.6 is 12.4 Å². The summed E-state index contributed by atoms with van der Waals surface area (Å²) in [4.78, 5) is 25.0. The van der Waals surface area contributed by atoms with Gasteiger partial charge in [0, 0.05) is 54.5 Å². The van der Waals surface area contributed by atoms with Crippen LogP contribution in [0.5, 0.6) is 0 Å². The molecule has 0 spiro atoms. The fraction of sp³-hybridized carbons (Fsp3) is 0.263. The minimum absolute atomic E-state index is 0. The van der Waals surface area contributed by atoms with E-state index in [-0.39, 0.29) is 24.2 Å². The van der Waals surface area contributed by atoms with E-state index in [1.807, 2.05) is 0 Å². The Kier molecular flexibility index (Phi) is 6.30. The Balaban J connectivity index is 0.00000240. The highest BCUT2D eigenvalue weighted by Crippen LogP contribution is 2.20. The number of halogens is 1. The molecule has 1 unspecified atom stereocenters. The van der Waals surface area contributed by atoms with Gasteiger partial charge in [-0.25, -0.2) is 0 Å². The Labute approximate surface area is 173 Å². The molecule has 29 heavy (non-hydrogen) atoms. The highest BCUT2D eigenvalue weighted by Gasteiger charge is 2.22. The van der Waals surface area contributed by atoms with Crippen LogP contribution in [0.1, 0.15) is 34.7 Å². The molecule has 1 aromatic carbocycles. The van der Waals surface area contributed by atoms with Crippen LogP contribution in [-0.2, 0) is 17.8 Å². The number of hydrogen-bond donors (Lipinski definition) is 4. The maximum atomic E-state index is 12.6. The number of aromatic nitrogens is 4. The second-order valence-corrected chi connectivity index (χ2v) is 6.64. The number of hydrogen-bond acceptors (Lipinski definition) is 5. The molecule has 4 rings (SSSR count). The van der Waals surface area contributed by atoms with Crippen LogP contribution in [0, 0.1) is 0 Å². The zero-order valence-corrected chi connectivity index (χ0v) is 16.6. The molecule has 0 saturated carbocycles. The predicted octanol–water partition coefficient (Wildman–Crippen LogP) is 2.13. The van der Waals surface area contributed by atoms with Crippen molar-refractivity contribution in [3.63, 3.8) is 0 Å². The second kappa shape index (κ2) is 8.89. The fourth-order valence-electron chi connectivity index (χ4n) is 3.15. The van der Waals surface area contributed by atoms with Gasteiger partial charge >= 0.3 is 0 Å². The Morgan fingerprint density at radius 2 is 2.00 bits per heavy atom. The molecule has 0 aliphatic carbocycles. The fourth-order valence-corrected chi connectivity index (χ4v) is 3.15. The molecule has 10 heteroatoms. The monoisotopic (exact) mass is 415 g/mol. The molecular weight excluding hydrogens is 394 g/mol. The van der Waals surface area contributed by atoms with Gasteiger partial charge in [0.15, 0.2) is 5.69 Å². The maximum absolute atomic E-state index is 12.6. The standard InChI is InChI=1S/C19H21N7O2.ClH/c1-12(26-9-3-7-21-26)18(27)22-13-4-2-5-14(10-13)23-19(28)17-15-11-20-8-6-16(15)24-25-17;/h2-5,7,9-10,12,20H,6,8,11H2,1H3,(H,22,27)(H,23,28)(H,24,25);1H. The van der Waals surface area contributed by atoms with Gasteiger partial charge in [-0.15, -0.1) is 12.4 Å². The molecule has 2 amide bonds. The SMILES string of the molecule is CC(C(=O)Nc1cccc(NC(=O)c2n[nH]c3c2CNCC3)c1)n1cccn1.Cl. The molecule has 1 atom stereocenters. The number of nitrogens with zero attached hydrogens (tertiary/aromatic N) is 3. The Bertz CT molecular complexity index is 1000. The zero-order valence-electron chi connectivity index (χ0n) is 15.8. The van der Waals surface area contributed by atoms with Crippen LogP contribution in [-0.4, -0.2) is 38.3 Å². The number of carbonyl (C=O) groups is 2. The minimum Gasteiger partial charge on any atom is -0.324 e. The van der Waals surface area contributed by atoms with E-state index in [2.05, 4.69) is 31.2 Å². The topological polar surface area (TPSA) is 117 Å². The highest BCUT2D eigenvalue weighted by molar-refractivity contribution is 6.04. The highest BCUT2D eigenvalue weighted by atomic mass is 35.5. The van der Waals surface area contributed by atoms with Gasteiger partial charge in [0.25, 0.3) is 5.91 Å². The lowest BCUT2D eigenvalue weighted by Crippen LogP contribution is -2.25. The smallest absolute Gasteiger partial charge is 0.276 e. The van der Waals surface area contributed by atoms with Crippen LogP contribution in [0.3, 0.4) is 0 Å². The summed E-state index contributed by atoms with van der Waals surface area (Å²) in [5.74, 6) is -0.478.